The van der Waals surface area contributed by atoms with Crippen LogP contribution in [0.2, 0.25) is 5.02 Å². The average Bonchev–Trinajstić information content (AvgIpc) is 2.51. The lowest BCUT2D eigenvalue weighted by molar-refractivity contribution is -0.130. The standard InChI is InChI=1S/C15H21ClN2O5/c1-21-5-6-23-9-14(19)18-12(15(17)20)8-10-3-4-13(22-2)11(16)7-10/h3-4,7,12H,5-6,8-9H2,1-2H3,(H2,17,20)(H,18,19)/t12-/m0/s1. The number of hydrogen-bond acceptors (Lipinski definition) is 5. The number of primary amides is 1. The molecule has 0 fully saturated rings. The Morgan fingerprint density at radius 2 is 2.04 bits per heavy atom. The Kier molecular flexibility index (Phi) is 8.39. The molecule has 0 heterocycles. The summed E-state index contributed by atoms with van der Waals surface area (Å²) in [4.78, 5) is 23.3. The number of hydrogen-bond donors (Lipinski definition) is 2. The molecule has 0 saturated carbocycles. The second-order valence-electron chi connectivity index (χ2n) is 4.74. The second kappa shape index (κ2) is 10.0. The van der Waals surface area contributed by atoms with Crippen molar-refractivity contribution in [2.24, 2.45) is 5.73 Å². The summed E-state index contributed by atoms with van der Waals surface area (Å²) in [7, 11) is 3.05. The summed E-state index contributed by atoms with van der Waals surface area (Å²) in [5.41, 5.74) is 6.08. The van der Waals surface area contributed by atoms with Crippen LogP contribution in [0.15, 0.2) is 18.2 Å². The smallest absolute Gasteiger partial charge is 0.246 e. The Labute approximate surface area is 140 Å². The molecule has 0 radical (unpaired) electrons. The first kappa shape index (κ1) is 19.2. The minimum absolute atomic E-state index is 0.170. The lowest BCUT2D eigenvalue weighted by Gasteiger charge is -2.16. The fraction of sp³-hybridized carbons (Fsp3) is 0.467. The minimum atomic E-state index is -0.849. The Morgan fingerprint density at radius 1 is 1.30 bits per heavy atom. The summed E-state index contributed by atoms with van der Waals surface area (Å²) in [5.74, 6) is -0.534. The highest BCUT2D eigenvalue weighted by Crippen LogP contribution is 2.25. The van der Waals surface area contributed by atoms with Crippen LogP contribution >= 0.6 is 11.6 Å². The quantitative estimate of drug-likeness (QED) is 0.603. The maximum atomic E-state index is 11.7. The number of carbonyl (C=O) groups excluding carboxylic acids is 2. The Morgan fingerprint density at radius 3 is 2.61 bits per heavy atom. The number of carbonyl (C=O) groups is 2. The number of methoxy groups -OCH3 is 2. The van der Waals surface area contributed by atoms with Crippen LogP contribution in [0.3, 0.4) is 0 Å². The first-order valence-corrected chi connectivity index (χ1v) is 7.33. The zero-order chi connectivity index (χ0) is 17.2. The van der Waals surface area contributed by atoms with E-state index in [2.05, 4.69) is 5.32 Å². The van der Waals surface area contributed by atoms with Gasteiger partial charge in [-0.05, 0) is 17.7 Å². The fourth-order valence-electron chi connectivity index (χ4n) is 1.84. The van der Waals surface area contributed by atoms with Gasteiger partial charge in [0.1, 0.15) is 18.4 Å². The van der Waals surface area contributed by atoms with E-state index in [1.54, 1.807) is 18.2 Å². The summed E-state index contributed by atoms with van der Waals surface area (Å²) >= 11 is 6.04. The molecule has 0 bridgehead atoms. The van der Waals surface area contributed by atoms with Crippen molar-refractivity contribution in [2.75, 3.05) is 34.0 Å². The first-order valence-electron chi connectivity index (χ1n) is 6.95. The highest BCUT2D eigenvalue weighted by molar-refractivity contribution is 6.32. The van der Waals surface area contributed by atoms with Crippen LogP contribution in [0, 0.1) is 0 Å². The van der Waals surface area contributed by atoms with E-state index < -0.39 is 17.9 Å². The summed E-state index contributed by atoms with van der Waals surface area (Å²) in [6.45, 7) is 0.507. The SMILES string of the molecule is COCCOCC(=O)N[C@@H](Cc1ccc(OC)c(Cl)c1)C(N)=O. The third-order valence-electron chi connectivity index (χ3n) is 3.00. The van der Waals surface area contributed by atoms with Crippen molar-refractivity contribution < 1.29 is 23.8 Å². The average molecular weight is 345 g/mol. The number of benzene rings is 1. The molecule has 1 aromatic carbocycles. The number of ether oxygens (including phenoxy) is 3. The number of nitrogens with one attached hydrogen (secondary N) is 1. The molecule has 1 rings (SSSR count). The summed E-state index contributed by atoms with van der Waals surface area (Å²) in [5, 5.41) is 2.96. The topological polar surface area (TPSA) is 99.9 Å². The van der Waals surface area contributed by atoms with E-state index in [4.69, 9.17) is 31.5 Å². The molecule has 0 unspecified atom stereocenters. The third-order valence-corrected chi connectivity index (χ3v) is 3.30. The first-order chi connectivity index (χ1) is 11.0. The third kappa shape index (κ3) is 6.85. The molecule has 1 aromatic rings. The van der Waals surface area contributed by atoms with E-state index >= 15 is 0 Å². The lowest BCUT2D eigenvalue weighted by atomic mass is 10.1. The van der Waals surface area contributed by atoms with Gasteiger partial charge in [0.25, 0.3) is 0 Å². The van der Waals surface area contributed by atoms with Gasteiger partial charge in [-0.1, -0.05) is 17.7 Å². The van der Waals surface area contributed by atoms with Crippen LogP contribution in [0.1, 0.15) is 5.56 Å². The molecule has 1 atom stereocenters. The van der Waals surface area contributed by atoms with Crippen LogP contribution in [-0.2, 0) is 25.5 Å². The maximum Gasteiger partial charge on any atom is 0.246 e. The molecular weight excluding hydrogens is 324 g/mol. The van der Waals surface area contributed by atoms with Gasteiger partial charge in [0.05, 0.1) is 25.3 Å². The maximum absolute atomic E-state index is 11.7. The van der Waals surface area contributed by atoms with Gasteiger partial charge in [-0.3, -0.25) is 9.59 Å². The molecule has 0 aliphatic heterocycles. The molecule has 2 amide bonds. The van der Waals surface area contributed by atoms with E-state index in [-0.39, 0.29) is 13.0 Å². The van der Waals surface area contributed by atoms with Crippen molar-refractivity contribution in [2.45, 2.75) is 12.5 Å². The molecule has 8 heteroatoms. The van der Waals surface area contributed by atoms with Gasteiger partial charge < -0.3 is 25.3 Å². The zero-order valence-electron chi connectivity index (χ0n) is 13.1. The molecule has 0 aromatic heterocycles. The molecule has 23 heavy (non-hydrogen) atoms. The van der Waals surface area contributed by atoms with Crippen LogP contribution in [0.5, 0.6) is 5.75 Å². The predicted molar refractivity (Wildman–Crippen MR) is 85.5 cm³/mol. The molecule has 0 aliphatic rings. The number of halogens is 1. The monoisotopic (exact) mass is 344 g/mol. The van der Waals surface area contributed by atoms with E-state index in [1.165, 1.54) is 14.2 Å². The molecular formula is C15H21ClN2O5. The lowest BCUT2D eigenvalue weighted by Crippen LogP contribution is -2.47. The highest BCUT2D eigenvalue weighted by atomic mass is 35.5. The second-order valence-corrected chi connectivity index (χ2v) is 5.15. The molecule has 0 spiro atoms. The van der Waals surface area contributed by atoms with Crippen molar-refractivity contribution in [3.05, 3.63) is 28.8 Å². The molecule has 3 N–H and O–H groups in total. The van der Waals surface area contributed by atoms with Gasteiger partial charge in [-0.25, -0.2) is 0 Å². The van der Waals surface area contributed by atoms with Gasteiger partial charge in [-0.15, -0.1) is 0 Å². The van der Waals surface area contributed by atoms with Gasteiger partial charge in [0.2, 0.25) is 11.8 Å². The van der Waals surface area contributed by atoms with Gasteiger partial charge in [0.15, 0.2) is 0 Å². The van der Waals surface area contributed by atoms with E-state index in [9.17, 15) is 9.59 Å². The predicted octanol–water partition coefficient (Wildman–Crippen LogP) is 0.524. The Balaban J connectivity index is 2.60. The fourth-order valence-corrected chi connectivity index (χ4v) is 2.12. The van der Waals surface area contributed by atoms with Crippen molar-refractivity contribution in [3.8, 4) is 5.75 Å². The van der Waals surface area contributed by atoms with Crippen LogP contribution in [0.4, 0.5) is 0 Å². The summed E-state index contributed by atoms with van der Waals surface area (Å²) in [6.07, 6.45) is 0.225. The summed E-state index contributed by atoms with van der Waals surface area (Å²) < 4.78 is 14.9. The Hall–Kier alpha value is -1.83. The minimum Gasteiger partial charge on any atom is -0.495 e. The molecule has 0 aliphatic carbocycles. The van der Waals surface area contributed by atoms with Gasteiger partial charge in [-0.2, -0.15) is 0 Å². The normalized spacial score (nSPS) is 11.8. The molecule has 7 nitrogen and oxygen atoms in total. The van der Waals surface area contributed by atoms with Gasteiger partial charge >= 0.3 is 0 Å². The van der Waals surface area contributed by atoms with Crippen LogP contribution in [0.25, 0.3) is 0 Å². The van der Waals surface area contributed by atoms with Gasteiger partial charge in [0, 0.05) is 13.5 Å². The van der Waals surface area contributed by atoms with Crippen LogP contribution < -0.4 is 15.8 Å². The van der Waals surface area contributed by atoms with E-state index in [0.29, 0.717) is 24.0 Å². The highest BCUT2D eigenvalue weighted by Gasteiger charge is 2.19. The number of amides is 2. The van der Waals surface area contributed by atoms with Crippen molar-refractivity contribution in [1.29, 1.82) is 0 Å². The summed E-state index contributed by atoms with van der Waals surface area (Å²) in [6, 6.07) is 4.25. The largest absolute Gasteiger partial charge is 0.495 e. The van der Waals surface area contributed by atoms with Crippen molar-refractivity contribution in [1.82, 2.24) is 5.32 Å². The molecule has 0 saturated heterocycles. The Bertz CT molecular complexity index is 539. The number of nitrogens with two attached hydrogens (primary N) is 1. The molecule has 128 valence electrons. The van der Waals surface area contributed by atoms with Crippen molar-refractivity contribution in [3.63, 3.8) is 0 Å². The van der Waals surface area contributed by atoms with Crippen LogP contribution in [-0.4, -0.2) is 51.9 Å². The number of rotatable bonds is 10. The zero-order valence-corrected chi connectivity index (χ0v) is 13.9. The van der Waals surface area contributed by atoms with E-state index in [0.717, 1.165) is 5.56 Å². The van der Waals surface area contributed by atoms with E-state index in [1.807, 2.05) is 0 Å². The van der Waals surface area contributed by atoms with Crippen molar-refractivity contribution >= 4 is 23.4 Å².